The fraction of sp³-hybridized carbons (Fsp3) is 0.692. The summed E-state index contributed by atoms with van der Waals surface area (Å²) in [5.74, 6) is -0.433. The average molecular weight is 319 g/mol. The van der Waals surface area contributed by atoms with Gasteiger partial charge in [0.2, 0.25) is 10.0 Å². The predicted octanol–water partition coefficient (Wildman–Crippen LogP) is 1.50. The molecule has 0 saturated carbocycles. The molecule has 2 heterocycles. The van der Waals surface area contributed by atoms with Gasteiger partial charge in [-0.1, -0.05) is 21.3 Å². The van der Waals surface area contributed by atoms with Gasteiger partial charge in [-0.3, -0.25) is 9.10 Å². The van der Waals surface area contributed by atoms with Crippen molar-refractivity contribution in [1.29, 1.82) is 0 Å². The number of hydrogen-bond donors (Lipinski definition) is 0. The predicted molar refractivity (Wildman–Crippen MR) is 82.6 cm³/mol. The molecule has 122 valence electrons. The highest BCUT2D eigenvalue weighted by atomic mass is 32.2. The van der Waals surface area contributed by atoms with E-state index in [1.807, 2.05) is 13.8 Å². The third kappa shape index (κ3) is 4.45. The Bertz CT molecular complexity index is 554. The van der Waals surface area contributed by atoms with Crippen LogP contribution in [0.3, 0.4) is 0 Å². The van der Waals surface area contributed by atoms with Gasteiger partial charge in [0.25, 0.3) is 0 Å². The van der Waals surface area contributed by atoms with Crippen molar-refractivity contribution in [1.82, 2.24) is 9.78 Å². The van der Waals surface area contributed by atoms with Crippen LogP contribution in [0, 0.1) is 5.92 Å². The van der Waals surface area contributed by atoms with Crippen molar-refractivity contribution in [2.45, 2.75) is 34.7 Å². The van der Waals surface area contributed by atoms with Gasteiger partial charge < -0.3 is 4.74 Å². The van der Waals surface area contributed by atoms with E-state index in [4.69, 9.17) is 4.74 Å². The molecule has 0 aromatic carbocycles. The summed E-state index contributed by atoms with van der Waals surface area (Å²) < 4.78 is 31.0. The Balaban J connectivity index is 0.00000128. The van der Waals surface area contributed by atoms with Crippen LogP contribution in [0.15, 0.2) is 12.3 Å². The van der Waals surface area contributed by atoms with E-state index in [9.17, 15) is 13.2 Å². The zero-order valence-corrected chi connectivity index (χ0v) is 13.1. The van der Waals surface area contributed by atoms with Crippen LogP contribution in [0.2, 0.25) is 0 Å². The first-order chi connectivity index (χ1) is 9.43. The number of ether oxygens (including phenoxy) is 1. The number of hydrogen-bond acceptors (Lipinski definition) is 5. The van der Waals surface area contributed by atoms with Crippen molar-refractivity contribution in [2.24, 2.45) is 5.92 Å². The second-order valence-electron chi connectivity index (χ2n) is 4.11. The number of carbonyl (C=O) groups excluding carboxylic acids is 1. The zero-order chi connectivity index (χ0) is 15.3. The Morgan fingerprint density at radius 3 is 2.57 bits per heavy atom. The minimum atomic E-state index is -3.43. The van der Waals surface area contributed by atoms with E-state index in [0.717, 1.165) is 6.26 Å². The molecule has 0 bridgehead atoms. The molecule has 1 aliphatic heterocycles. The van der Waals surface area contributed by atoms with Crippen molar-refractivity contribution in [3.05, 3.63) is 12.3 Å². The second-order valence-corrected chi connectivity index (χ2v) is 6.02. The van der Waals surface area contributed by atoms with Crippen LogP contribution in [0.4, 0.5) is 5.82 Å². The maximum absolute atomic E-state index is 11.7. The molecule has 0 saturated heterocycles. The van der Waals surface area contributed by atoms with E-state index in [1.165, 1.54) is 15.2 Å². The van der Waals surface area contributed by atoms with Gasteiger partial charge in [-0.2, -0.15) is 5.10 Å². The standard InChI is InChI=1S/C10H15N3O4S.C2H6.CH4/c1-3-17-10(14)8-6-12-9(4-5-11-12)13(7-8)18(2,15)16;1-2;/h4-5,8H,3,6-7H2,1-2H3;1-2H3;1H4. The molecule has 1 aromatic heterocycles. The molecule has 8 heteroatoms. The van der Waals surface area contributed by atoms with Crippen LogP contribution in [-0.2, 0) is 26.1 Å². The van der Waals surface area contributed by atoms with Gasteiger partial charge in [-0.25, -0.2) is 13.1 Å². The Morgan fingerprint density at radius 1 is 1.43 bits per heavy atom. The normalized spacial score (nSPS) is 17.0. The van der Waals surface area contributed by atoms with Crippen molar-refractivity contribution in [3.63, 3.8) is 0 Å². The van der Waals surface area contributed by atoms with Crippen LogP contribution in [0.5, 0.6) is 0 Å². The largest absolute Gasteiger partial charge is 0.466 e. The van der Waals surface area contributed by atoms with E-state index in [-0.39, 0.29) is 20.6 Å². The van der Waals surface area contributed by atoms with Crippen LogP contribution in [-0.4, -0.2) is 43.6 Å². The molecule has 0 N–H and O–H groups in total. The van der Waals surface area contributed by atoms with Crippen molar-refractivity contribution in [3.8, 4) is 0 Å². The van der Waals surface area contributed by atoms with Crippen LogP contribution in [0.1, 0.15) is 28.2 Å². The average Bonchev–Trinajstić information content (AvgIpc) is 2.87. The molecule has 0 radical (unpaired) electrons. The quantitative estimate of drug-likeness (QED) is 0.789. The van der Waals surface area contributed by atoms with Crippen LogP contribution >= 0.6 is 0 Å². The molecule has 2 rings (SSSR count). The molecule has 7 nitrogen and oxygen atoms in total. The van der Waals surface area contributed by atoms with Gasteiger partial charge in [-0.05, 0) is 6.92 Å². The molecule has 1 aliphatic rings. The number of esters is 1. The summed E-state index contributed by atoms with van der Waals surface area (Å²) >= 11 is 0. The highest BCUT2D eigenvalue weighted by Crippen LogP contribution is 2.25. The zero-order valence-electron chi connectivity index (χ0n) is 12.2. The van der Waals surface area contributed by atoms with Gasteiger partial charge in [0.1, 0.15) is 5.82 Å². The smallest absolute Gasteiger partial charge is 0.312 e. The van der Waals surface area contributed by atoms with E-state index >= 15 is 0 Å². The van der Waals surface area contributed by atoms with Gasteiger partial charge in [0.15, 0.2) is 0 Å². The highest BCUT2D eigenvalue weighted by molar-refractivity contribution is 7.92. The summed E-state index contributed by atoms with van der Waals surface area (Å²) in [6.45, 7) is 6.44. The Kier molecular flexibility index (Phi) is 7.42. The number of sulfonamides is 1. The first-order valence-corrected chi connectivity index (χ1v) is 8.44. The van der Waals surface area contributed by atoms with E-state index in [2.05, 4.69) is 5.10 Å². The topological polar surface area (TPSA) is 81.5 Å². The van der Waals surface area contributed by atoms with Gasteiger partial charge in [0.05, 0.1) is 38.1 Å². The molecular weight excluding hydrogens is 294 g/mol. The number of carbonyl (C=O) groups is 1. The number of aromatic nitrogens is 2. The van der Waals surface area contributed by atoms with Gasteiger partial charge in [0, 0.05) is 6.07 Å². The highest BCUT2D eigenvalue weighted by Gasteiger charge is 2.34. The molecule has 0 spiro atoms. The summed E-state index contributed by atoms with van der Waals surface area (Å²) in [6, 6.07) is 1.61. The Hall–Kier alpha value is -1.57. The van der Waals surface area contributed by atoms with Crippen molar-refractivity contribution >= 4 is 21.8 Å². The summed E-state index contributed by atoms with van der Waals surface area (Å²) in [7, 11) is -3.43. The van der Waals surface area contributed by atoms with Crippen LogP contribution in [0.25, 0.3) is 0 Å². The second kappa shape index (κ2) is 8.02. The maximum Gasteiger partial charge on any atom is 0.312 e. The molecule has 1 aromatic rings. The molecule has 1 unspecified atom stereocenters. The van der Waals surface area contributed by atoms with Gasteiger partial charge in [-0.15, -0.1) is 0 Å². The summed E-state index contributed by atoms with van der Waals surface area (Å²) in [6.07, 6.45) is 2.62. The number of fused-ring (bicyclic) bond motifs is 1. The van der Waals surface area contributed by atoms with Crippen LogP contribution < -0.4 is 4.31 Å². The Labute approximate surface area is 126 Å². The lowest BCUT2D eigenvalue weighted by Gasteiger charge is -2.31. The number of nitrogens with zero attached hydrogens (tertiary/aromatic N) is 3. The molecular formula is C13H25N3O4S. The first-order valence-electron chi connectivity index (χ1n) is 6.59. The van der Waals surface area contributed by atoms with Gasteiger partial charge >= 0.3 is 5.97 Å². The fourth-order valence-corrected chi connectivity index (χ4v) is 2.90. The maximum atomic E-state index is 11.7. The molecule has 1 atom stereocenters. The fourth-order valence-electron chi connectivity index (χ4n) is 1.95. The summed E-state index contributed by atoms with van der Waals surface area (Å²) in [4.78, 5) is 11.7. The minimum absolute atomic E-state index is 0. The van der Waals surface area contributed by atoms with E-state index in [1.54, 1.807) is 13.0 Å². The lowest BCUT2D eigenvalue weighted by molar-refractivity contribution is -0.148. The Morgan fingerprint density at radius 2 is 2.05 bits per heavy atom. The molecule has 21 heavy (non-hydrogen) atoms. The number of anilines is 1. The lowest BCUT2D eigenvalue weighted by atomic mass is 10.1. The molecule has 0 fully saturated rings. The van der Waals surface area contributed by atoms with E-state index < -0.39 is 21.9 Å². The summed E-state index contributed by atoms with van der Waals surface area (Å²) in [5, 5.41) is 4.02. The third-order valence-electron chi connectivity index (χ3n) is 2.75. The first kappa shape index (κ1) is 19.4. The van der Waals surface area contributed by atoms with Crippen molar-refractivity contribution < 1.29 is 17.9 Å². The minimum Gasteiger partial charge on any atom is -0.466 e. The SMILES string of the molecule is C.CC.CCOC(=O)C1CN(S(C)(=O)=O)c2ccnn2C1. The van der Waals surface area contributed by atoms with E-state index in [0.29, 0.717) is 12.4 Å². The molecule has 0 aliphatic carbocycles. The molecule has 0 amide bonds. The third-order valence-corrected chi connectivity index (χ3v) is 3.89. The number of rotatable bonds is 3. The summed E-state index contributed by atoms with van der Waals surface area (Å²) in [5.41, 5.74) is 0. The van der Waals surface area contributed by atoms with Crippen molar-refractivity contribution in [2.75, 3.05) is 23.7 Å². The monoisotopic (exact) mass is 319 g/mol. The lowest BCUT2D eigenvalue weighted by Crippen LogP contribution is -2.44.